The number of carbonyl (C=O) groups is 1. The van der Waals surface area contributed by atoms with E-state index in [9.17, 15) is 4.79 Å². The number of nitrogens with zero attached hydrogens (tertiary/aromatic N) is 7. The Bertz CT molecular complexity index is 1530. The number of rotatable bonds is 11. The standard InChI is InChI=1S/C26H27BrClN9O4/c1-2-39-22-12-18(40-15-16-5-7-17(28)8-6-16)11-20(27)19(22)13-30-32-26(38)23-21(14-36-9-3-4-10-36)31-35-37(23)25-24(29)33-41-34-25/h5-8,11-13H,2-4,9-10,14-15H2,1H3,(H2,29,33)(H,32,38)/b30-13+. The second-order valence-corrected chi connectivity index (χ2v) is 10.4. The van der Waals surface area contributed by atoms with E-state index in [1.54, 1.807) is 12.1 Å². The molecule has 1 aliphatic heterocycles. The van der Waals surface area contributed by atoms with Crippen LogP contribution >= 0.6 is 27.5 Å². The summed E-state index contributed by atoms with van der Waals surface area (Å²) in [5.74, 6) is 0.601. The second-order valence-electron chi connectivity index (χ2n) is 9.12. The molecule has 0 saturated carbocycles. The Hall–Kier alpha value is -4.01. The molecule has 0 unspecified atom stereocenters. The highest BCUT2D eigenvalue weighted by molar-refractivity contribution is 9.10. The SMILES string of the molecule is CCOc1cc(OCc2ccc(Cl)cc2)cc(Br)c1/C=N/NC(=O)c1c(CN2CCCC2)nnn1-c1nonc1N. The topological polar surface area (TPSA) is 159 Å². The number of carbonyl (C=O) groups excluding carboxylic acids is 1. The van der Waals surface area contributed by atoms with Crippen molar-refractivity contribution in [1.82, 2.24) is 35.6 Å². The van der Waals surface area contributed by atoms with Crippen LogP contribution in [0.3, 0.4) is 0 Å². The smallest absolute Gasteiger partial charge is 0.292 e. The van der Waals surface area contributed by atoms with Crippen LogP contribution in [0.25, 0.3) is 5.82 Å². The summed E-state index contributed by atoms with van der Waals surface area (Å²) in [5.41, 5.74) is 10.6. The summed E-state index contributed by atoms with van der Waals surface area (Å²) in [4.78, 5) is 15.6. The molecule has 3 heterocycles. The molecule has 1 saturated heterocycles. The molecular formula is C26H27BrClN9O4. The van der Waals surface area contributed by atoms with E-state index in [4.69, 9.17) is 31.4 Å². The lowest BCUT2D eigenvalue weighted by Gasteiger charge is -2.14. The molecule has 4 aromatic rings. The zero-order valence-corrected chi connectivity index (χ0v) is 24.4. The molecule has 0 spiro atoms. The quantitative estimate of drug-likeness (QED) is 0.181. The van der Waals surface area contributed by atoms with E-state index in [-0.39, 0.29) is 17.3 Å². The van der Waals surface area contributed by atoms with Crippen LogP contribution in [0.1, 0.15) is 47.1 Å². The summed E-state index contributed by atoms with van der Waals surface area (Å²) in [7, 11) is 0. The lowest BCUT2D eigenvalue weighted by Crippen LogP contribution is -2.26. The number of likely N-dealkylation sites (tertiary alicyclic amines) is 1. The molecule has 0 atom stereocenters. The Labute approximate surface area is 248 Å². The van der Waals surface area contributed by atoms with Gasteiger partial charge in [0.2, 0.25) is 11.6 Å². The van der Waals surface area contributed by atoms with Crippen LogP contribution in [0.5, 0.6) is 11.5 Å². The van der Waals surface area contributed by atoms with Crippen molar-refractivity contribution in [3.63, 3.8) is 0 Å². The summed E-state index contributed by atoms with van der Waals surface area (Å²) in [5, 5.41) is 20.5. The highest BCUT2D eigenvalue weighted by Crippen LogP contribution is 2.32. The first-order chi connectivity index (χ1) is 19.9. The van der Waals surface area contributed by atoms with E-state index in [1.165, 1.54) is 10.9 Å². The number of benzene rings is 2. The number of nitrogens with one attached hydrogen (secondary N) is 1. The maximum atomic E-state index is 13.4. The summed E-state index contributed by atoms with van der Waals surface area (Å²) < 4.78 is 18.4. The average Bonchev–Trinajstić information content (AvgIpc) is 3.72. The van der Waals surface area contributed by atoms with Gasteiger partial charge in [-0.1, -0.05) is 28.9 Å². The fourth-order valence-electron chi connectivity index (χ4n) is 4.29. The maximum Gasteiger partial charge on any atom is 0.292 e. The molecule has 1 amide bonds. The first-order valence-corrected chi connectivity index (χ1v) is 14.0. The lowest BCUT2D eigenvalue weighted by atomic mass is 10.2. The summed E-state index contributed by atoms with van der Waals surface area (Å²) in [6, 6.07) is 11.0. The molecule has 2 aromatic carbocycles. The van der Waals surface area contributed by atoms with Gasteiger partial charge in [-0.25, -0.2) is 10.1 Å². The number of anilines is 1. The normalized spacial score (nSPS) is 13.6. The van der Waals surface area contributed by atoms with Crippen molar-refractivity contribution in [2.45, 2.75) is 32.9 Å². The van der Waals surface area contributed by atoms with Crippen LogP contribution in [0, 0.1) is 0 Å². The van der Waals surface area contributed by atoms with Crippen LogP contribution < -0.4 is 20.6 Å². The minimum Gasteiger partial charge on any atom is -0.493 e. The Morgan fingerprint density at radius 1 is 1.22 bits per heavy atom. The second kappa shape index (κ2) is 13.1. The minimum absolute atomic E-state index is 0.0242. The van der Waals surface area contributed by atoms with E-state index in [0.717, 1.165) is 31.5 Å². The number of hydrogen-bond acceptors (Lipinski definition) is 11. The lowest BCUT2D eigenvalue weighted by molar-refractivity contribution is 0.0945. The monoisotopic (exact) mass is 643 g/mol. The fraction of sp³-hybridized carbons (Fsp3) is 0.308. The molecule has 0 aliphatic carbocycles. The van der Waals surface area contributed by atoms with E-state index in [0.29, 0.717) is 52.0 Å². The molecule has 214 valence electrons. The molecule has 1 aliphatic rings. The Kier molecular flexibility index (Phi) is 9.11. The fourth-order valence-corrected chi connectivity index (χ4v) is 4.94. The van der Waals surface area contributed by atoms with Crippen LogP contribution in [0.15, 0.2) is 50.6 Å². The summed E-state index contributed by atoms with van der Waals surface area (Å²) >= 11 is 9.53. The number of nitrogen functional groups attached to an aromatic ring is 1. The summed E-state index contributed by atoms with van der Waals surface area (Å²) in [6.45, 7) is 4.90. The van der Waals surface area contributed by atoms with Crippen molar-refractivity contribution in [2.24, 2.45) is 5.10 Å². The molecule has 1 fully saturated rings. The molecule has 15 heteroatoms. The van der Waals surface area contributed by atoms with Gasteiger partial charge in [-0.15, -0.1) is 5.10 Å². The zero-order valence-electron chi connectivity index (χ0n) is 22.1. The number of hydrogen-bond donors (Lipinski definition) is 2. The van der Waals surface area contributed by atoms with Crippen molar-refractivity contribution < 1.29 is 18.9 Å². The van der Waals surface area contributed by atoms with Gasteiger partial charge < -0.3 is 15.2 Å². The molecule has 0 bridgehead atoms. The van der Waals surface area contributed by atoms with E-state index < -0.39 is 5.91 Å². The van der Waals surface area contributed by atoms with Gasteiger partial charge in [0.25, 0.3) is 5.91 Å². The van der Waals surface area contributed by atoms with Crippen molar-refractivity contribution in [3.8, 4) is 17.3 Å². The third kappa shape index (κ3) is 6.84. The number of hydrazone groups is 1. The minimum atomic E-state index is -0.556. The first kappa shape index (κ1) is 28.5. The molecule has 41 heavy (non-hydrogen) atoms. The number of ether oxygens (including phenoxy) is 2. The number of nitrogens with two attached hydrogens (primary N) is 1. The van der Waals surface area contributed by atoms with Gasteiger partial charge in [-0.3, -0.25) is 9.69 Å². The Balaban J connectivity index is 1.34. The highest BCUT2D eigenvalue weighted by Gasteiger charge is 2.27. The zero-order chi connectivity index (χ0) is 28.8. The molecule has 0 radical (unpaired) electrons. The highest BCUT2D eigenvalue weighted by atomic mass is 79.9. The molecule has 2 aromatic heterocycles. The summed E-state index contributed by atoms with van der Waals surface area (Å²) in [6.07, 6.45) is 3.65. The molecule has 5 rings (SSSR count). The van der Waals surface area contributed by atoms with Gasteiger partial charge in [0.15, 0.2) is 5.69 Å². The van der Waals surface area contributed by atoms with Crippen molar-refractivity contribution in [2.75, 3.05) is 25.4 Å². The number of halogens is 2. The van der Waals surface area contributed by atoms with Crippen molar-refractivity contribution in [3.05, 3.63) is 68.4 Å². The molecular weight excluding hydrogens is 618 g/mol. The van der Waals surface area contributed by atoms with Crippen LogP contribution in [-0.4, -0.2) is 62.0 Å². The largest absolute Gasteiger partial charge is 0.493 e. The van der Waals surface area contributed by atoms with Gasteiger partial charge in [-0.2, -0.15) is 9.78 Å². The van der Waals surface area contributed by atoms with E-state index >= 15 is 0 Å². The third-order valence-corrected chi connectivity index (χ3v) is 7.17. The first-order valence-electron chi connectivity index (χ1n) is 12.8. The van der Waals surface area contributed by atoms with E-state index in [2.05, 4.69) is 52.0 Å². The van der Waals surface area contributed by atoms with Crippen molar-refractivity contribution in [1.29, 1.82) is 0 Å². The average molecular weight is 645 g/mol. The number of amides is 1. The molecule has 3 N–H and O–H groups in total. The predicted octanol–water partition coefficient (Wildman–Crippen LogP) is 3.99. The van der Waals surface area contributed by atoms with Crippen molar-refractivity contribution >= 4 is 45.5 Å². The Morgan fingerprint density at radius 3 is 2.71 bits per heavy atom. The van der Waals surface area contributed by atoms with E-state index in [1.807, 2.05) is 31.2 Å². The van der Waals surface area contributed by atoms with Crippen LogP contribution in [0.4, 0.5) is 5.82 Å². The van der Waals surface area contributed by atoms with Gasteiger partial charge in [0.05, 0.1) is 18.4 Å². The van der Waals surface area contributed by atoms with Crippen LogP contribution in [-0.2, 0) is 13.2 Å². The van der Waals surface area contributed by atoms with Gasteiger partial charge in [-0.05, 0) is 82.9 Å². The van der Waals surface area contributed by atoms with Gasteiger partial charge in [0, 0.05) is 22.1 Å². The van der Waals surface area contributed by atoms with Gasteiger partial charge in [0.1, 0.15) is 23.8 Å². The third-order valence-electron chi connectivity index (χ3n) is 6.27. The Morgan fingerprint density at radius 2 is 2.00 bits per heavy atom. The predicted molar refractivity (Wildman–Crippen MR) is 154 cm³/mol. The van der Waals surface area contributed by atoms with Crippen LogP contribution in [0.2, 0.25) is 5.02 Å². The maximum absolute atomic E-state index is 13.4. The number of aromatic nitrogens is 5. The molecule has 13 nitrogen and oxygen atoms in total. The van der Waals surface area contributed by atoms with Gasteiger partial charge >= 0.3 is 0 Å².